The van der Waals surface area contributed by atoms with Crippen molar-refractivity contribution in [3.63, 3.8) is 0 Å². The van der Waals surface area contributed by atoms with Crippen LogP contribution >= 0.6 is 15.9 Å². The van der Waals surface area contributed by atoms with Gasteiger partial charge in [0.15, 0.2) is 0 Å². The van der Waals surface area contributed by atoms with Gasteiger partial charge in [-0.25, -0.2) is 4.90 Å². The predicted molar refractivity (Wildman–Crippen MR) is 74.6 cm³/mol. The van der Waals surface area contributed by atoms with Crippen LogP contribution in [0.25, 0.3) is 0 Å². The highest BCUT2D eigenvalue weighted by Crippen LogP contribution is 2.31. The molecule has 0 bridgehead atoms. The highest BCUT2D eigenvalue weighted by molar-refractivity contribution is 9.12. The summed E-state index contributed by atoms with van der Waals surface area (Å²) < 4.78 is 0.292. The molecule has 0 saturated heterocycles. The highest BCUT2D eigenvalue weighted by Gasteiger charge is 2.32. The number of rotatable bonds is 3. The maximum absolute atomic E-state index is 12.0. The molecule has 0 unspecified atom stereocenters. The number of hydrogen-bond donors (Lipinski definition) is 0. The van der Waals surface area contributed by atoms with Crippen molar-refractivity contribution in [1.29, 1.82) is 0 Å². The molecule has 1 aromatic carbocycles. The Labute approximate surface area is 114 Å². The lowest BCUT2D eigenvalue weighted by atomic mass is 10.0. The fraction of sp³-hybridized carbons (Fsp3) is 0.143. The predicted octanol–water partition coefficient (Wildman–Crippen LogP) is 2.88. The van der Waals surface area contributed by atoms with Crippen LogP contribution in [0.5, 0.6) is 0 Å². The Balaban J connectivity index is 2.55. The Kier molecular flexibility index (Phi) is 3.48. The summed E-state index contributed by atoms with van der Waals surface area (Å²) in [4.78, 5) is 25.1. The van der Waals surface area contributed by atoms with E-state index in [1.807, 2.05) is 25.1 Å². The number of aryl methyl sites for hydroxylation is 1. The first-order valence-corrected chi connectivity index (χ1v) is 6.30. The Morgan fingerprint density at radius 2 is 2.11 bits per heavy atom. The Bertz CT molecular complexity index is 575. The van der Waals surface area contributed by atoms with E-state index in [-0.39, 0.29) is 11.8 Å². The summed E-state index contributed by atoms with van der Waals surface area (Å²) >= 11 is 3.10. The van der Waals surface area contributed by atoms with Gasteiger partial charge in [0, 0.05) is 6.08 Å². The quantitative estimate of drug-likeness (QED) is 0.636. The summed E-state index contributed by atoms with van der Waals surface area (Å²) in [6.07, 6.45) is 3.67. The third kappa shape index (κ3) is 2.04. The number of para-hydroxylation sites is 1. The van der Waals surface area contributed by atoms with Gasteiger partial charge in [-0.3, -0.25) is 9.59 Å². The molecule has 0 spiro atoms. The van der Waals surface area contributed by atoms with Gasteiger partial charge in [0.2, 0.25) is 0 Å². The van der Waals surface area contributed by atoms with E-state index in [9.17, 15) is 9.59 Å². The van der Waals surface area contributed by atoms with Crippen LogP contribution in [-0.4, -0.2) is 11.8 Å². The van der Waals surface area contributed by atoms with Crippen molar-refractivity contribution in [1.82, 2.24) is 0 Å². The summed E-state index contributed by atoms with van der Waals surface area (Å²) in [5, 5.41) is 0. The van der Waals surface area contributed by atoms with Crippen LogP contribution in [0.4, 0.5) is 5.69 Å². The topological polar surface area (TPSA) is 37.4 Å². The normalized spacial score (nSPS) is 15.0. The van der Waals surface area contributed by atoms with Crippen molar-refractivity contribution in [2.24, 2.45) is 0 Å². The van der Waals surface area contributed by atoms with Crippen LogP contribution in [0.15, 0.2) is 41.4 Å². The van der Waals surface area contributed by atoms with Crippen molar-refractivity contribution >= 4 is 33.4 Å². The monoisotopic (exact) mass is 305 g/mol. The number of hydrogen-bond acceptors (Lipinski definition) is 2. The van der Waals surface area contributed by atoms with Crippen LogP contribution in [0.3, 0.4) is 0 Å². The highest BCUT2D eigenvalue weighted by atomic mass is 79.9. The molecule has 0 fully saturated rings. The molecular formula is C14H12BrNO2. The van der Waals surface area contributed by atoms with E-state index in [2.05, 4.69) is 22.5 Å². The molecule has 0 radical (unpaired) electrons. The second kappa shape index (κ2) is 4.90. The first-order valence-electron chi connectivity index (χ1n) is 5.51. The van der Waals surface area contributed by atoms with Crippen LogP contribution in [0.2, 0.25) is 0 Å². The molecule has 0 aromatic heterocycles. The Morgan fingerprint density at radius 1 is 1.39 bits per heavy atom. The molecule has 1 aliphatic rings. The summed E-state index contributed by atoms with van der Waals surface area (Å²) in [7, 11) is 0. The van der Waals surface area contributed by atoms with Crippen molar-refractivity contribution in [2.45, 2.75) is 13.3 Å². The maximum Gasteiger partial charge on any atom is 0.272 e. The largest absolute Gasteiger partial charge is 0.272 e. The zero-order valence-electron chi connectivity index (χ0n) is 9.94. The lowest BCUT2D eigenvalue weighted by molar-refractivity contribution is -0.120. The fourth-order valence-electron chi connectivity index (χ4n) is 2.01. The summed E-state index contributed by atoms with van der Waals surface area (Å²) in [6.45, 7) is 5.58. The molecule has 3 nitrogen and oxygen atoms in total. The van der Waals surface area contributed by atoms with E-state index in [1.165, 1.54) is 11.0 Å². The molecule has 1 aliphatic heterocycles. The average Bonchev–Trinajstić information content (AvgIpc) is 2.56. The number of halogens is 1. The third-order valence-electron chi connectivity index (χ3n) is 2.79. The molecule has 2 amide bonds. The fourth-order valence-corrected chi connectivity index (χ4v) is 2.39. The number of allylic oxidation sites excluding steroid dienone is 1. The second-order valence-corrected chi connectivity index (χ2v) is 4.90. The van der Waals surface area contributed by atoms with Gasteiger partial charge < -0.3 is 0 Å². The lowest BCUT2D eigenvalue weighted by Crippen LogP contribution is -2.31. The molecular weight excluding hydrogens is 294 g/mol. The molecule has 92 valence electrons. The molecule has 1 aromatic rings. The summed E-state index contributed by atoms with van der Waals surface area (Å²) in [5.74, 6) is -0.633. The number of benzene rings is 1. The first-order chi connectivity index (χ1) is 8.56. The van der Waals surface area contributed by atoms with Gasteiger partial charge in [0.05, 0.1) is 10.2 Å². The molecule has 0 aliphatic carbocycles. The van der Waals surface area contributed by atoms with E-state index in [0.29, 0.717) is 16.6 Å². The molecule has 0 atom stereocenters. The molecule has 0 N–H and O–H groups in total. The number of anilines is 1. The minimum absolute atomic E-state index is 0.292. The van der Waals surface area contributed by atoms with E-state index >= 15 is 0 Å². The van der Waals surface area contributed by atoms with Crippen LogP contribution in [0.1, 0.15) is 11.1 Å². The van der Waals surface area contributed by atoms with Gasteiger partial charge in [0.1, 0.15) is 0 Å². The molecule has 18 heavy (non-hydrogen) atoms. The van der Waals surface area contributed by atoms with E-state index in [1.54, 1.807) is 6.08 Å². The SMILES string of the molecule is C=CCc1cccc(C)c1N1C(=O)C=C(Br)C1=O. The number of carbonyl (C=O) groups is 2. The average molecular weight is 306 g/mol. The van der Waals surface area contributed by atoms with Crippen molar-refractivity contribution in [3.8, 4) is 0 Å². The van der Waals surface area contributed by atoms with E-state index in [4.69, 9.17) is 0 Å². The van der Waals surface area contributed by atoms with Crippen molar-refractivity contribution in [3.05, 3.63) is 52.5 Å². The number of nitrogens with zero attached hydrogens (tertiary/aromatic N) is 1. The summed E-state index contributed by atoms with van der Waals surface area (Å²) in [6, 6.07) is 5.69. The van der Waals surface area contributed by atoms with Crippen LogP contribution < -0.4 is 4.90 Å². The number of amides is 2. The van der Waals surface area contributed by atoms with Gasteiger partial charge in [-0.1, -0.05) is 24.3 Å². The first kappa shape index (κ1) is 12.8. The molecule has 2 rings (SSSR count). The third-order valence-corrected chi connectivity index (χ3v) is 3.36. The van der Waals surface area contributed by atoms with Crippen LogP contribution in [-0.2, 0) is 16.0 Å². The lowest BCUT2D eigenvalue weighted by Gasteiger charge is -2.20. The van der Waals surface area contributed by atoms with Gasteiger partial charge in [-0.2, -0.15) is 0 Å². The van der Waals surface area contributed by atoms with Gasteiger partial charge >= 0.3 is 0 Å². The van der Waals surface area contributed by atoms with Gasteiger partial charge in [-0.05, 0) is 40.4 Å². The van der Waals surface area contributed by atoms with Crippen LogP contribution in [0, 0.1) is 6.92 Å². The minimum atomic E-state index is -0.320. The van der Waals surface area contributed by atoms with Crippen molar-refractivity contribution < 1.29 is 9.59 Å². The molecule has 4 heteroatoms. The van der Waals surface area contributed by atoms with Gasteiger partial charge in [0.25, 0.3) is 11.8 Å². The standard InChI is InChI=1S/C14H12BrNO2/c1-3-5-10-7-4-6-9(2)13(10)16-12(17)8-11(15)14(16)18/h3-4,6-8H,1,5H2,2H3. The zero-order valence-corrected chi connectivity index (χ0v) is 11.5. The summed E-state index contributed by atoms with van der Waals surface area (Å²) in [5.41, 5.74) is 2.48. The maximum atomic E-state index is 12.0. The second-order valence-electron chi connectivity index (χ2n) is 4.05. The van der Waals surface area contributed by atoms with E-state index < -0.39 is 0 Å². The Morgan fingerprint density at radius 3 is 2.67 bits per heavy atom. The van der Waals surface area contributed by atoms with E-state index in [0.717, 1.165) is 11.1 Å². The number of imide groups is 1. The number of carbonyl (C=O) groups excluding carboxylic acids is 2. The minimum Gasteiger partial charge on any atom is -0.269 e. The zero-order chi connectivity index (χ0) is 13.3. The smallest absolute Gasteiger partial charge is 0.269 e. The molecule has 0 saturated carbocycles. The Hall–Kier alpha value is -1.68. The molecule has 1 heterocycles. The van der Waals surface area contributed by atoms with Crippen molar-refractivity contribution in [2.75, 3.05) is 4.90 Å². The van der Waals surface area contributed by atoms with Gasteiger partial charge in [-0.15, -0.1) is 6.58 Å².